The molecule has 1 aliphatic rings. The van der Waals surface area contributed by atoms with E-state index in [4.69, 9.17) is 10.9 Å². The fraction of sp³-hybridized carbons (Fsp3) is 0.571. The molecule has 110 valence electrons. The standard InChI is InChI=1S/C14H23N5O/c1-11(10-19-7-2-3-8-19)17-9-12-5-4-6-16-13(12)14(15)18-20/h4-6,11,17,20H,2-3,7-10H2,1H3,(H2,15,18). The van der Waals surface area contributed by atoms with Crippen LogP contribution in [0, 0.1) is 0 Å². The van der Waals surface area contributed by atoms with Gasteiger partial charge in [-0.2, -0.15) is 0 Å². The van der Waals surface area contributed by atoms with E-state index in [1.165, 1.54) is 25.9 Å². The zero-order chi connectivity index (χ0) is 14.4. The molecule has 0 aliphatic carbocycles. The topological polar surface area (TPSA) is 86.8 Å². The SMILES string of the molecule is CC(CN1CCCC1)NCc1cccnc1C(N)=NO. The van der Waals surface area contributed by atoms with Gasteiger partial charge in [0, 0.05) is 25.3 Å². The maximum atomic E-state index is 8.78. The number of hydrogen-bond donors (Lipinski definition) is 3. The number of aromatic nitrogens is 1. The zero-order valence-corrected chi connectivity index (χ0v) is 11.9. The minimum atomic E-state index is 0.0506. The molecule has 0 amide bonds. The van der Waals surface area contributed by atoms with Crippen LogP contribution in [0.3, 0.4) is 0 Å². The number of rotatable bonds is 6. The van der Waals surface area contributed by atoms with Crippen LogP contribution in [0.4, 0.5) is 0 Å². The number of pyridine rings is 1. The molecule has 4 N–H and O–H groups in total. The fourth-order valence-electron chi connectivity index (χ4n) is 2.56. The lowest BCUT2D eigenvalue weighted by molar-refractivity contribution is 0.298. The summed E-state index contributed by atoms with van der Waals surface area (Å²) in [4.78, 5) is 6.64. The van der Waals surface area contributed by atoms with Crippen LogP contribution in [0.25, 0.3) is 0 Å². The maximum absolute atomic E-state index is 8.78. The normalized spacial score (nSPS) is 18.4. The molecule has 20 heavy (non-hydrogen) atoms. The molecule has 0 saturated carbocycles. The molecule has 0 bridgehead atoms. The van der Waals surface area contributed by atoms with E-state index in [1.807, 2.05) is 12.1 Å². The molecule has 1 saturated heterocycles. The van der Waals surface area contributed by atoms with Gasteiger partial charge in [0.15, 0.2) is 5.84 Å². The van der Waals surface area contributed by atoms with E-state index < -0.39 is 0 Å². The molecular formula is C14H23N5O. The van der Waals surface area contributed by atoms with Crippen LogP contribution in [0.15, 0.2) is 23.5 Å². The molecule has 0 spiro atoms. The van der Waals surface area contributed by atoms with Gasteiger partial charge in [-0.1, -0.05) is 11.2 Å². The number of hydrogen-bond acceptors (Lipinski definition) is 5. The van der Waals surface area contributed by atoms with Crippen LogP contribution in [0.5, 0.6) is 0 Å². The zero-order valence-electron chi connectivity index (χ0n) is 11.9. The average molecular weight is 277 g/mol. The van der Waals surface area contributed by atoms with Gasteiger partial charge in [-0.3, -0.25) is 4.98 Å². The highest BCUT2D eigenvalue weighted by Gasteiger charge is 2.15. The van der Waals surface area contributed by atoms with Gasteiger partial charge in [0.1, 0.15) is 5.69 Å². The van der Waals surface area contributed by atoms with Crippen LogP contribution >= 0.6 is 0 Å². The lowest BCUT2D eigenvalue weighted by atomic mass is 10.1. The summed E-state index contributed by atoms with van der Waals surface area (Å²) in [5, 5.41) is 15.3. The molecule has 1 atom stereocenters. The minimum absolute atomic E-state index is 0.0506. The van der Waals surface area contributed by atoms with Crippen molar-refractivity contribution in [1.29, 1.82) is 0 Å². The van der Waals surface area contributed by atoms with Crippen molar-refractivity contribution in [2.45, 2.75) is 32.4 Å². The van der Waals surface area contributed by atoms with Crippen LogP contribution < -0.4 is 11.1 Å². The summed E-state index contributed by atoms with van der Waals surface area (Å²) < 4.78 is 0. The molecule has 1 unspecified atom stereocenters. The van der Waals surface area contributed by atoms with Crippen molar-refractivity contribution in [2.75, 3.05) is 19.6 Å². The van der Waals surface area contributed by atoms with Gasteiger partial charge in [0.05, 0.1) is 0 Å². The summed E-state index contributed by atoms with van der Waals surface area (Å²) in [5.74, 6) is 0.0506. The molecule has 1 aromatic rings. The first-order valence-corrected chi connectivity index (χ1v) is 7.08. The summed E-state index contributed by atoms with van der Waals surface area (Å²) in [6.45, 7) is 6.30. The van der Waals surface area contributed by atoms with E-state index in [-0.39, 0.29) is 5.84 Å². The second kappa shape index (κ2) is 7.21. The Morgan fingerprint density at radius 2 is 2.30 bits per heavy atom. The van der Waals surface area contributed by atoms with E-state index in [1.54, 1.807) is 6.20 Å². The van der Waals surface area contributed by atoms with Crippen molar-refractivity contribution >= 4 is 5.84 Å². The summed E-state index contributed by atoms with van der Waals surface area (Å²) >= 11 is 0. The number of amidine groups is 1. The van der Waals surface area contributed by atoms with Gasteiger partial charge in [-0.25, -0.2) is 0 Å². The number of nitrogens with two attached hydrogens (primary N) is 1. The van der Waals surface area contributed by atoms with Crippen molar-refractivity contribution in [3.05, 3.63) is 29.6 Å². The molecule has 6 heteroatoms. The van der Waals surface area contributed by atoms with Crippen LogP contribution in [-0.2, 0) is 6.54 Å². The quantitative estimate of drug-likeness (QED) is 0.309. The molecule has 6 nitrogen and oxygen atoms in total. The highest BCUT2D eigenvalue weighted by molar-refractivity contribution is 5.96. The predicted octanol–water partition coefficient (Wildman–Crippen LogP) is 0.750. The number of nitrogens with zero attached hydrogens (tertiary/aromatic N) is 3. The third-order valence-electron chi connectivity index (χ3n) is 3.61. The van der Waals surface area contributed by atoms with Gasteiger partial charge in [0.2, 0.25) is 0 Å². The highest BCUT2D eigenvalue weighted by Crippen LogP contribution is 2.09. The van der Waals surface area contributed by atoms with Gasteiger partial charge in [-0.15, -0.1) is 0 Å². The second-order valence-corrected chi connectivity index (χ2v) is 5.29. The van der Waals surface area contributed by atoms with E-state index in [9.17, 15) is 0 Å². The smallest absolute Gasteiger partial charge is 0.189 e. The Morgan fingerprint density at radius 1 is 1.55 bits per heavy atom. The molecular weight excluding hydrogens is 254 g/mol. The average Bonchev–Trinajstić information content (AvgIpc) is 2.97. The van der Waals surface area contributed by atoms with E-state index in [0.717, 1.165) is 12.1 Å². The largest absolute Gasteiger partial charge is 0.409 e. The first kappa shape index (κ1) is 14.7. The summed E-state index contributed by atoms with van der Waals surface area (Å²) in [6.07, 6.45) is 4.26. The van der Waals surface area contributed by atoms with Gasteiger partial charge in [-0.05, 0) is 44.5 Å². The van der Waals surface area contributed by atoms with E-state index >= 15 is 0 Å². The Morgan fingerprint density at radius 3 is 3.00 bits per heavy atom. The molecule has 0 radical (unpaired) electrons. The summed E-state index contributed by atoms with van der Waals surface area (Å²) in [6, 6.07) is 4.19. The first-order valence-electron chi connectivity index (χ1n) is 7.08. The number of likely N-dealkylation sites (tertiary alicyclic amines) is 1. The van der Waals surface area contributed by atoms with Crippen molar-refractivity contribution < 1.29 is 5.21 Å². The van der Waals surface area contributed by atoms with Crippen molar-refractivity contribution in [3.8, 4) is 0 Å². The molecule has 2 rings (SSSR count). The Balaban J connectivity index is 1.90. The van der Waals surface area contributed by atoms with Crippen LogP contribution in [0.1, 0.15) is 31.0 Å². The monoisotopic (exact) mass is 277 g/mol. The third kappa shape index (κ3) is 3.91. The van der Waals surface area contributed by atoms with E-state index in [2.05, 4.69) is 27.3 Å². The van der Waals surface area contributed by atoms with Crippen molar-refractivity contribution in [2.24, 2.45) is 10.9 Å². The Hall–Kier alpha value is -1.66. The lowest BCUT2D eigenvalue weighted by Crippen LogP contribution is -2.38. The molecule has 1 aromatic heterocycles. The highest BCUT2D eigenvalue weighted by atomic mass is 16.4. The number of nitrogens with one attached hydrogen (secondary N) is 1. The second-order valence-electron chi connectivity index (χ2n) is 5.29. The Labute approximate surface area is 119 Å². The Bertz CT molecular complexity index is 457. The minimum Gasteiger partial charge on any atom is -0.409 e. The molecule has 0 aromatic carbocycles. The van der Waals surface area contributed by atoms with Gasteiger partial charge in [0.25, 0.3) is 0 Å². The van der Waals surface area contributed by atoms with Gasteiger partial charge < -0.3 is 21.2 Å². The molecule has 1 fully saturated rings. The predicted molar refractivity (Wildman–Crippen MR) is 78.7 cm³/mol. The molecule has 2 heterocycles. The van der Waals surface area contributed by atoms with Gasteiger partial charge >= 0.3 is 0 Å². The molecule has 1 aliphatic heterocycles. The third-order valence-corrected chi connectivity index (χ3v) is 3.61. The van der Waals surface area contributed by atoms with Crippen molar-refractivity contribution in [3.63, 3.8) is 0 Å². The maximum Gasteiger partial charge on any atom is 0.189 e. The summed E-state index contributed by atoms with van der Waals surface area (Å²) in [7, 11) is 0. The van der Waals surface area contributed by atoms with E-state index in [0.29, 0.717) is 18.3 Å². The van der Waals surface area contributed by atoms with Crippen LogP contribution in [0.2, 0.25) is 0 Å². The van der Waals surface area contributed by atoms with Crippen LogP contribution in [-0.4, -0.2) is 46.6 Å². The Kier molecular flexibility index (Phi) is 5.31. The first-order chi connectivity index (χ1) is 9.70. The number of oxime groups is 1. The fourth-order valence-corrected chi connectivity index (χ4v) is 2.56. The lowest BCUT2D eigenvalue weighted by Gasteiger charge is -2.21. The summed E-state index contributed by atoms with van der Waals surface area (Å²) in [5.41, 5.74) is 7.11. The van der Waals surface area contributed by atoms with Crippen molar-refractivity contribution in [1.82, 2.24) is 15.2 Å².